The lowest BCUT2D eigenvalue weighted by Crippen LogP contribution is -2.25. The maximum atomic E-state index is 12.1. The Balaban J connectivity index is 1.38. The van der Waals surface area contributed by atoms with Crippen molar-refractivity contribution in [3.8, 4) is 11.5 Å². The first-order chi connectivity index (χ1) is 17.9. The minimum absolute atomic E-state index is 0.179. The van der Waals surface area contributed by atoms with Gasteiger partial charge in [-0.05, 0) is 86.7 Å². The van der Waals surface area contributed by atoms with E-state index in [2.05, 4.69) is 65.2 Å². The summed E-state index contributed by atoms with van der Waals surface area (Å²) in [4.78, 5) is 2.72. The van der Waals surface area contributed by atoms with Gasteiger partial charge in [-0.15, -0.1) is 0 Å². The smallest absolute Gasteiger partial charge is 0.240 e. The first-order valence-corrected chi connectivity index (χ1v) is 14.9. The molecule has 198 valence electrons. The van der Waals surface area contributed by atoms with E-state index in [-0.39, 0.29) is 4.90 Å². The van der Waals surface area contributed by atoms with Gasteiger partial charge in [0.25, 0.3) is 0 Å². The van der Waals surface area contributed by atoms with Crippen LogP contribution in [0.25, 0.3) is 0 Å². The van der Waals surface area contributed by atoms with Crippen molar-refractivity contribution in [2.75, 3.05) is 30.4 Å². The highest BCUT2D eigenvalue weighted by molar-refractivity contribution is 7.89. The number of hydrogen-bond acceptors (Lipinski definition) is 5. The van der Waals surface area contributed by atoms with E-state index in [0.29, 0.717) is 11.5 Å². The summed E-state index contributed by atoms with van der Waals surface area (Å²) >= 11 is 0. The Morgan fingerprint density at radius 2 is 1.54 bits per heavy atom. The van der Waals surface area contributed by atoms with E-state index < -0.39 is 10.0 Å². The summed E-state index contributed by atoms with van der Waals surface area (Å²) in [5.74, 6) is 1.20. The molecule has 0 atom stereocenters. The fourth-order valence-corrected chi connectivity index (χ4v) is 5.38. The van der Waals surface area contributed by atoms with Gasteiger partial charge in [-0.1, -0.05) is 44.9 Å². The highest BCUT2D eigenvalue weighted by atomic mass is 32.2. The minimum atomic E-state index is -3.53. The minimum Gasteiger partial charge on any atom is -0.453 e. The number of aryl methyl sites for hydroxylation is 2. The van der Waals surface area contributed by atoms with E-state index >= 15 is 0 Å². The summed E-state index contributed by atoms with van der Waals surface area (Å²) in [6, 6.07) is 20.1. The second kappa shape index (κ2) is 12.5. The quantitative estimate of drug-likeness (QED) is 0.198. The fraction of sp³-hybridized carbons (Fsp3) is 0.400. The largest absolute Gasteiger partial charge is 0.453 e. The van der Waals surface area contributed by atoms with Gasteiger partial charge in [0.2, 0.25) is 10.0 Å². The van der Waals surface area contributed by atoms with Gasteiger partial charge in [0.1, 0.15) is 0 Å². The normalized spacial score (nSPS) is 12.3. The molecular weight excluding hydrogens is 482 g/mol. The predicted molar refractivity (Wildman–Crippen MR) is 153 cm³/mol. The number of ether oxygens (including phenoxy) is 1. The molecule has 4 rings (SSSR count). The molecule has 0 bridgehead atoms. The Morgan fingerprint density at radius 1 is 0.811 bits per heavy atom. The molecule has 1 aliphatic heterocycles. The molecule has 37 heavy (non-hydrogen) atoms. The van der Waals surface area contributed by atoms with Gasteiger partial charge < -0.3 is 15.0 Å². The van der Waals surface area contributed by atoms with Crippen LogP contribution in [-0.2, 0) is 22.9 Å². The summed E-state index contributed by atoms with van der Waals surface area (Å²) in [6.45, 7) is 6.76. The SMILES string of the molecule is CCCCN(CCCC)c1cccc(CCCc2ccc3c(c2)Nc2ccc(S(=O)(=O)NC)cc2O3)c1. The predicted octanol–water partition coefficient (Wildman–Crippen LogP) is 7.03. The van der Waals surface area contributed by atoms with E-state index in [1.807, 2.05) is 6.07 Å². The van der Waals surface area contributed by atoms with Gasteiger partial charge in [-0.2, -0.15) is 0 Å². The molecule has 3 aromatic rings. The Kier molecular flexibility index (Phi) is 9.11. The standard InChI is InChI=1S/C30H39N3O3S/c1-4-6-18-33(19-7-5-2)25-13-9-12-23(20-25)10-8-11-24-14-17-29-28(21-24)32-27-16-15-26(22-30(27)36-29)37(34,35)31-3/h9,12-17,20-22,31-32H,4-8,10-11,18-19H2,1-3H3. The average molecular weight is 522 g/mol. The molecule has 0 amide bonds. The van der Waals surface area contributed by atoms with Crippen LogP contribution in [0.4, 0.5) is 17.1 Å². The van der Waals surface area contributed by atoms with Crippen LogP contribution < -0.4 is 19.7 Å². The fourth-order valence-electron chi connectivity index (χ4n) is 4.63. The second-order valence-corrected chi connectivity index (χ2v) is 11.5. The Bertz CT molecular complexity index is 1300. The first-order valence-electron chi connectivity index (χ1n) is 13.4. The molecule has 2 N–H and O–H groups in total. The number of nitrogens with zero attached hydrogens (tertiary/aromatic N) is 1. The van der Waals surface area contributed by atoms with Crippen LogP contribution in [0.5, 0.6) is 11.5 Å². The van der Waals surface area contributed by atoms with Crippen LogP contribution in [0, 0.1) is 0 Å². The summed E-state index contributed by atoms with van der Waals surface area (Å²) in [6.07, 6.45) is 7.96. The van der Waals surface area contributed by atoms with E-state index in [1.54, 1.807) is 18.2 Å². The van der Waals surface area contributed by atoms with Crippen LogP contribution in [-0.4, -0.2) is 28.6 Å². The van der Waals surface area contributed by atoms with Gasteiger partial charge in [0.15, 0.2) is 11.5 Å². The van der Waals surface area contributed by atoms with Crippen molar-refractivity contribution in [2.45, 2.75) is 63.7 Å². The zero-order valence-electron chi connectivity index (χ0n) is 22.2. The monoisotopic (exact) mass is 521 g/mol. The van der Waals surface area contributed by atoms with Crippen LogP contribution in [0.2, 0.25) is 0 Å². The average Bonchev–Trinajstić information content (AvgIpc) is 2.92. The Labute approximate surface area is 222 Å². The van der Waals surface area contributed by atoms with Crippen LogP contribution in [0.1, 0.15) is 57.1 Å². The summed E-state index contributed by atoms with van der Waals surface area (Å²) in [5, 5.41) is 3.39. The van der Waals surface area contributed by atoms with Crippen LogP contribution >= 0.6 is 0 Å². The van der Waals surface area contributed by atoms with E-state index in [1.165, 1.54) is 49.5 Å². The number of nitrogens with one attached hydrogen (secondary N) is 2. The number of benzene rings is 3. The molecule has 0 radical (unpaired) electrons. The van der Waals surface area contributed by atoms with E-state index in [9.17, 15) is 8.42 Å². The van der Waals surface area contributed by atoms with E-state index in [4.69, 9.17) is 4.74 Å². The van der Waals surface area contributed by atoms with Crippen molar-refractivity contribution in [1.29, 1.82) is 0 Å². The molecule has 0 unspecified atom stereocenters. The molecule has 3 aromatic carbocycles. The maximum Gasteiger partial charge on any atom is 0.240 e. The number of fused-ring (bicyclic) bond motifs is 2. The first kappa shape index (κ1) is 27.0. The Morgan fingerprint density at radius 3 is 2.24 bits per heavy atom. The van der Waals surface area contributed by atoms with Crippen LogP contribution in [0.3, 0.4) is 0 Å². The van der Waals surface area contributed by atoms with Crippen molar-refractivity contribution in [3.63, 3.8) is 0 Å². The molecule has 1 aliphatic rings. The molecular formula is C30H39N3O3S. The molecule has 1 heterocycles. The molecule has 0 fully saturated rings. The van der Waals surface area contributed by atoms with E-state index in [0.717, 1.165) is 43.7 Å². The maximum absolute atomic E-state index is 12.1. The van der Waals surface area contributed by atoms with Gasteiger partial charge in [-0.25, -0.2) is 13.1 Å². The third-order valence-corrected chi connectivity index (χ3v) is 8.25. The zero-order valence-corrected chi connectivity index (χ0v) is 23.0. The second-order valence-electron chi connectivity index (χ2n) is 9.64. The van der Waals surface area contributed by atoms with Crippen molar-refractivity contribution in [3.05, 3.63) is 71.8 Å². The highest BCUT2D eigenvalue weighted by Gasteiger charge is 2.20. The molecule has 7 heteroatoms. The lowest BCUT2D eigenvalue weighted by molar-refractivity contribution is 0.479. The van der Waals surface area contributed by atoms with Crippen molar-refractivity contribution in [1.82, 2.24) is 4.72 Å². The number of hydrogen-bond donors (Lipinski definition) is 2. The van der Waals surface area contributed by atoms with Gasteiger partial charge >= 0.3 is 0 Å². The Hall–Kier alpha value is -3.03. The van der Waals surface area contributed by atoms with Gasteiger partial charge in [0, 0.05) is 24.8 Å². The third kappa shape index (κ3) is 6.84. The third-order valence-electron chi connectivity index (χ3n) is 6.84. The van der Waals surface area contributed by atoms with Gasteiger partial charge in [0.05, 0.1) is 16.3 Å². The molecule has 0 aliphatic carbocycles. The molecule has 0 saturated carbocycles. The highest BCUT2D eigenvalue weighted by Crippen LogP contribution is 2.43. The molecule has 0 spiro atoms. The van der Waals surface area contributed by atoms with Crippen molar-refractivity contribution in [2.24, 2.45) is 0 Å². The molecule has 6 nitrogen and oxygen atoms in total. The number of unbranched alkanes of at least 4 members (excludes halogenated alkanes) is 2. The van der Waals surface area contributed by atoms with Crippen molar-refractivity contribution >= 4 is 27.1 Å². The van der Waals surface area contributed by atoms with Gasteiger partial charge in [-0.3, -0.25) is 0 Å². The van der Waals surface area contributed by atoms with Crippen molar-refractivity contribution < 1.29 is 13.2 Å². The number of rotatable bonds is 13. The van der Waals surface area contributed by atoms with Crippen LogP contribution in [0.15, 0.2) is 65.6 Å². The lowest BCUT2D eigenvalue weighted by Gasteiger charge is -2.25. The topological polar surface area (TPSA) is 70.7 Å². The summed E-state index contributed by atoms with van der Waals surface area (Å²) in [5.41, 5.74) is 5.64. The lowest BCUT2D eigenvalue weighted by atomic mass is 10.0. The molecule has 0 aromatic heterocycles. The number of sulfonamides is 1. The summed E-state index contributed by atoms with van der Waals surface area (Å²) < 4.78 is 32.6. The number of anilines is 3. The molecule has 0 saturated heterocycles. The zero-order chi connectivity index (χ0) is 26.3. The summed E-state index contributed by atoms with van der Waals surface area (Å²) in [7, 11) is -2.13.